The maximum Gasteiger partial charge on any atom is 0.168 e. The van der Waals surface area contributed by atoms with E-state index >= 15 is 0 Å². The van der Waals surface area contributed by atoms with E-state index < -0.39 is 0 Å². The Morgan fingerprint density at radius 2 is 2.27 bits per heavy atom. The lowest BCUT2D eigenvalue weighted by atomic mass is 10.2. The fraction of sp³-hybridized carbons (Fsp3) is 0.471. The van der Waals surface area contributed by atoms with E-state index in [0.717, 1.165) is 41.2 Å². The molecule has 22 heavy (non-hydrogen) atoms. The van der Waals surface area contributed by atoms with Crippen molar-refractivity contribution in [1.82, 2.24) is 9.55 Å². The molecular weight excluding hydrogens is 316 g/mol. The van der Waals surface area contributed by atoms with Gasteiger partial charge in [0.2, 0.25) is 0 Å². The van der Waals surface area contributed by atoms with E-state index in [2.05, 4.69) is 24.5 Å². The molecule has 1 saturated heterocycles. The molecule has 0 unspecified atom stereocenters. The van der Waals surface area contributed by atoms with E-state index in [-0.39, 0.29) is 0 Å². The van der Waals surface area contributed by atoms with Crippen molar-refractivity contribution in [3.8, 4) is 0 Å². The third-order valence-corrected chi connectivity index (χ3v) is 5.37. The number of rotatable bonds is 5. The first kappa shape index (κ1) is 15.9. The molecule has 0 bridgehead atoms. The van der Waals surface area contributed by atoms with Crippen LogP contribution < -0.4 is 0 Å². The lowest BCUT2D eigenvalue weighted by Crippen LogP contribution is -2.16. The van der Waals surface area contributed by atoms with Gasteiger partial charge in [-0.1, -0.05) is 35.5 Å². The van der Waals surface area contributed by atoms with Crippen LogP contribution in [0.3, 0.4) is 0 Å². The molecule has 1 aromatic heterocycles. The summed E-state index contributed by atoms with van der Waals surface area (Å²) in [6.45, 7) is 6.01. The summed E-state index contributed by atoms with van der Waals surface area (Å²) in [5, 5.41) is 1.86. The van der Waals surface area contributed by atoms with Crippen LogP contribution in [-0.2, 0) is 17.0 Å². The Balaban J connectivity index is 1.73. The van der Waals surface area contributed by atoms with Gasteiger partial charge in [0.05, 0.1) is 18.3 Å². The number of hydrogen-bond acceptors (Lipinski definition) is 3. The van der Waals surface area contributed by atoms with Gasteiger partial charge in [0.15, 0.2) is 5.16 Å². The minimum absolute atomic E-state index is 0.331. The van der Waals surface area contributed by atoms with Crippen molar-refractivity contribution in [2.45, 2.75) is 50.2 Å². The average molecular weight is 337 g/mol. The van der Waals surface area contributed by atoms with Crippen LogP contribution in [0.25, 0.3) is 0 Å². The molecule has 0 radical (unpaired) electrons. The third-order valence-electron chi connectivity index (χ3n) is 4.09. The summed E-state index contributed by atoms with van der Waals surface area (Å²) in [6.07, 6.45) is 2.65. The topological polar surface area (TPSA) is 27.1 Å². The number of thioether (sulfide) groups is 1. The van der Waals surface area contributed by atoms with Gasteiger partial charge < -0.3 is 9.30 Å². The lowest BCUT2D eigenvalue weighted by molar-refractivity contribution is 0.0945. The van der Waals surface area contributed by atoms with E-state index in [1.807, 2.05) is 18.2 Å². The Labute approximate surface area is 141 Å². The second kappa shape index (κ2) is 7.07. The van der Waals surface area contributed by atoms with Crippen LogP contribution in [0, 0.1) is 13.8 Å². The number of aryl methyl sites for hydroxylation is 1. The Hall–Kier alpha value is -0.970. The van der Waals surface area contributed by atoms with Crippen molar-refractivity contribution in [3.63, 3.8) is 0 Å². The molecule has 0 saturated carbocycles. The van der Waals surface area contributed by atoms with Crippen LogP contribution in [0.15, 0.2) is 29.4 Å². The monoisotopic (exact) mass is 336 g/mol. The number of hydrogen-bond donors (Lipinski definition) is 0. The van der Waals surface area contributed by atoms with Crippen LogP contribution in [-0.4, -0.2) is 22.3 Å². The summed E-state index contributed by atoms with van der Waals surface area (Å²) in [7, 11) is 0. The van der Waals surface area contributed by atoms with E-state index in [1.165, 1.54) is 17.7 Å². The summed E-state index contributed by atoms with van der Waals surface area (Å²) >= 11 is 7.82. The predicted molar refractivity (Wildman–Crippen MR) is 91.7 cm³/mol. The molecule has 0 N–H and O–H groups in total. The maximum absolute atomic E-state index is 6.05. The summed E-state index contributed by atoms with van der Waals surface area (Å²) in [6, 6.07) is 8.02. The number of nitrogens with zero attached hydrogens (tertiary/aromatic N) is 2. The van der Waals surface area contributed by atoms with E-state index in [4.69, 9.17) is 21.3 Å². The van der Waals surface area contributed by atoms with Crippen molar-refractivity contribution < 1.29 is 4.74 Å². The Bertz CT molecular complexity index is 650. The summed E-state index contributed by atoms with van der Waals surface area (Å²) in [5.41, 5.74) is 3.56. The molecule has 1 atom stereocenters. The van der Waals surface area contributed by atoms with Gasteiger partial charge in [0, 0.05) is 23.1 Å². The van der Waals surface area contributed by atoms with Gasteiger partial charge in [-0.25, -0.2) is 4.98 Å². The molecule has 2 aromatic rings. The van der Waals surface area contributed by atoms with E-state index in [1.54, 1.807) is 11.8 Å². The van der Waals surface area contributed by atoms with Crippen LogP contribution in [0.2, 0.25) is 5.02 Å². The fourth-order valence-electron chi connectivity index (χ4n) is 2.72. The molecular formula is C17H21ClN2OS. The van der Waals surface area contributed by atoms with Crippen LogP contribution in [0.4, 0.5) is 0 Å². The Kier molecular flexibility index (Phi) is 5.11. The zero-order valence-electron chi connectivity index (χ0n) is 13.0. The first-order chi connectivity index (χ1) is 10.6. The minimum Gasteiger partial charge on any atom is -0.376 e. The number of aromatic nitrogens is 2. The molecule has 1 aromatic carbocycles. The highest BCUT2D eigenvalue weighted by Crippen LogP contribution is 2.27. The van der Waals surface area contributed by atoms with Crippen molar-refractivity contribution in [2.24, 2.45) is 0 Å². The highest BCUT2D eigenvalue weighted by Gasteiger charge is 2.20. The molecule has 0 spiro atoms. The van der Waals surface area contributed by atoms with Crippen LogP contribution in [0.5, 0.6) is 0 Å². The molecule has 1 aliphatic heterocycles. The number of ether oxygens (including phenoxy) is 1. The molecule has 0 amide bonds. The van der Waals surface area contributed by atoms with Crippen LogP contribution >= 0.6 is 23.4 Å². The van der Waals surface area contributed by atoms with Gasteiger partial charge in [-0.2, -0.15) is 0 Å². The first-order valence-electron chi connectivity index (χ1n) is 7.66. The molecule has 5 heteroatoms. The van der Waals surface area contributed by atoms with Crippen molar-refractivity contribution in [3.05, 3.63) is 46.2 Å². The smallest absolute Gasteiger partial charge is 0.168 e. The molecule has 1 fully saturated rings. The zero-order valence-corrected chi connectivity index (χ0v) is 14.6. The second-order valence-corrected chi connectivity index (χ2v) is 7.11. The van der Waals surface area contributed by atoms with Crippen LogP contribution in [0.1, 0.15) is 29.8 Å². The minimum atomic E-state index is 0.331. The molecule has 3 rings (SSSR count). The Morgan fingerprint density at radius 1 is 1.41 bits per heavy atom. The molecule has 1 aliphatic rings. The molecule has 0 aliphatic carbocycles. The summed E-state index contributed by atoms with van der Waals surface area (Å²) < 4.78 is 8.09. The van der Waals surface area contributed by atoms with Gasteiger partial charge in [0.1, 0.15) is 0 Å². The summed E-state index contributed by atoms with van der Waals surface area (Å²) in [5.74, 6) is 0.877. The predicted octanol–water partition coefficient (Wildman–Crippen LogP) is 4.62. The van der Waals surface area contributed by atoms with Crippen molar-refractivity contribution >= 4 is 23.4 Å². The third kappa shape index (κ3) is 3.67. The maximum atomic E-state index is 6.05. The quantitative estimate of drug-likeness (QED) is 0.745. The first-order valence-corrected chi connectivity index (χ1v) is 9.02. The SMILES string of the molecule is Cc1nc(SCc2cccc(Cl)c2)n(C[C@H]2CCCO2)c1C. The number of halogens is 1. The summed E-state index contributed by atoms with van der Waals surface area (Å²) in [4.78, 5) is 4.73. The zero-order chi connectivity index (χ0) is 15.5. The van der Waals surface area contributed by atoms with Gasteiger partial charge in [0.25, 0.3) is 0 Å². The van der Waals surface area contributed by atoms with Crippen molar-refractivity contribution in [2.75, 3.05) is 6.61 Å². The average Bonchev–Trinajstić information content (AvgIpc) is 3.09. The number of imidazole rings is 1. The van der Waals surface area contributed by atoms with E-state index in [9.17, 15) is 0 Å². The van der Waals surface area contributed by atoms with Crippen molar-refractivity contribution in [1.29, 1.82) is 0 Å². The highest BCUT2D eigenvalue weighted by molar-refractivity contribution is 7.98. The van der Waals surface area contributed by atoms with Gasteiger partial charge >= 0.3 is 0 Å². The van der Waals surface area contributed by atoms with Gasteiger partial charge in [-0.15, -0.1) is 0 Å². The van der Waals surface area contributed by atoms with E-state index in [0.29, 0.717) is 6.10 Å². The lowest BCUT2D eigenvalue weighted by Gasteiger charge is -2.14. The number of benzene rings is 1. The molecule has 3 nitrogen and oxygen atoms in total. The largest absolute Gasteiger partial charge is 0.376 e. The fourth-order valence-corrected chi connectivity index (χ4v) is 3.97. The van der Waals surface area contributed by atoms with Gasteiger partial charge in [-0.05, 0) is 44.4 Å². The standard InChI is InChI=1S/C17H21ClN2OS/c1-12-13(2)20(10-16-7-4-8-21-16)17(19-12)22-11-14-5-3-6-15(18)9-14/h3,5-6,9,16H,4,7-8,10-11H2,1-2H3/t16-/m1/s1. The molecule has 118 valence electrons. The normalized spacial score (nSPS) is 18.0. The Morgan fingerprint density at radius 3 is 3.00 bits per heavy atom. The van der Waals surface area contributed by atoms with Gasteiger partial charge in [-0.3, -0.25) is 0 Å². The highest BCUT2D eigenvalue weighted by atomic mass is 35.5. The second-order valence-electron chi connectivity index (χ2n) is 5.73. The molecule has 2 heterocycles.